The number of hydrogen-bond donors (Lipinski definition) is 1. The fourth-order valence-corrected chi connectivity index (χ4v) is 3.65. The fourth-order valence-electron chi connectivity index (χ4n) is 3.65. The zero-order valence-electron chi connectivity index (χ0n) is 15.1. The molecule has 1 amide bonds. The van der Waals surface area contributed by atoms with Gasteiger partial charge in [-0.1, -0.05) is 55.0 Å². The van der Waals surface area contributed by atoms with Gasteiger partial charge in [-0.05, 0) is 62.9 Å². The number of carbonyl (C=O) groups excluding carboxylic acids is 1. The van der Waals surface area contributed by atoms with Crippen LogP contribution in [0.4, 0.5) is 0 Å². The molecule has 1 aromatic carbocycles. The molecular formula is C22H30N2O. The molecule has 0 aromatic heterocycles. The van der Waals surface area contributed by atoms with E-state index in [4.69, 9.17) is 0 Å². The minimum absolute atomic E-state index is 0.00508. The zero-order chi connectivity index (χ0) is 17.3. The van der Waals surface area contributed by atoms with Crippen molar-refractivity contribution >= 4 is 5.91 Å². The lowest BCUT2D eigenvalue weighted by atomic mass is 9.93. The summed E-state index contributed by atoms with van der Waals surface area (Å²) in [5, 5.41) is 3.11. The van der Waals surface area contributed by atoms with Crippen LogP contribution in [0.1, 0.15) is 37.7 Å². The Balaban J connectivity index is 1.34. The summed E-state index contributed by atoms with van der Waals surface area (Å²) >= 11 is 0. The van der Waals surface area contributed by atoms with E-state index >= 15 is 0 Å². The van der Waals surface area contributed by atoms with E-state index in [0.717, 1.165) is 32.4 Å². The third kappa shape index (κ3) is 5.86. The predicted octanol–water partition coefficient (Wildman–Crippen LogP) is 3.72. The molecule has 0 saturated carbocycles. The molecule has 1 heterocycles. The Bertz CT molecular complexity index is 600. The monoisotopic (exact) mass is 338 g/mol. The van der Waals surface area contributed by atoms with E-state index in [1.165, 1.54) is 43.5 Å². The van der Waals surface area contributed by atoms with Crippen LogP contribution in [0.3, 0.4) is 0 Å². The molecule has 25 heavy (non-hydrogen) atoms. The van der Waals surface area contributed by atoms with Gasteiger partial charge < -0.3 is 10.2 Å². The summed E-state index contributed by atoms with van der Waals surface area (Å²) in [5.41, 5.74) is 2.62. The second kappa shape index (κ2) is 9.57. The average molecular weight is 338 g/mol. The maximum absolute atomic E-state index is 12.3. The van der Waals surface area contributed by atoms with Crippen LogP contribution in [0, 0.1) is 5.92 Å². The Morgan fingerprint density at radius 3 is 2.64 bits per heavy atom. The van der Waals surface area contributed by atoms with Gasteiger partial charge in [-0.2, -0.15) is 0 Å². The quantitative estimate of drug-likeness (QED) is 0.769. The van der Waals surface area contributed by atoms with E-state index in [0.29, 0.717) is 0 Å². The largest absolute Gasteiger partial charge is 0.356 e. The first kappa shape index (κ1) is 17.9. The fraction of sp³-hybridized carbons (Fsp3) is 0.500. The highest BCUT2D eigenvalue weighted by Gasteiger charge is 2.17. The maximum Gasteiger partial charge on any atom is 0.227 e. The summed E-state index contributed by atoms with van der Waals surface area (Å²) in [4.78, 5) is 14.8. The molecule has 1 unspecified atom stereocenters. The van der Waals surface area contributed by atoms with Gasteiger partial charge in [0.1, 0.15) is 0 Å². The van der Waals surface area contributed by atoms with Crippen LogP contribution in [0.5, 0.6) is 0 Å². The van der Waals surface area contributed by atoms with Gasteiger partial charge in [-0.3, -0.25) is 4.79 Å². The highest BCUT2D eigenvalue weighted by Crippen LogP contribution is 2.19. The van der Waals surface area contributed by atoms with Crippen LogP contribution in [-0.2, 0) is 11.2 Å². The smallest absolute Gasteiger partial charge is 0.227 e. The van der Waals surface area contributed by atoms with Crippen LogP contribution in [-0.4, -0.2) is 37.0 Å². The van der Waals surface area contributed by atoms with E-state index in [1.54, 1.807) is 0 Å². The summed E-state index contributed by atoms with van der Waals surface area (Å²) in [7, 11) is 0. The normalized spacial score (nSPS) is 21.0. The molecule has 3 nitrogen and oxygen atoms in total. The molecule has 3 rings (SSSR count). The van der Waals surface area contributed by atoms with Crippen LogP contribution in [0.15, 0.2) is 54.1 Å². The lowest BCUT2D eigenvalue weighted by Crippen LogP contribution is -2.35. The Hall–Kier alpha value is -1.87. The molecule has 0 spiro atoms. The predicted molar refractivity (Wildman–Crippen MR) is 103 cm³/mol. The highest BCUT2D eigenvalue weighted by atomic mass is 16.1. The van der Waals surface area contributed by atoms with Gasteiger partial charge in [0.25, 0.3) is 0 Å². The van der Waals surface area contributed by atoms with Crippen molar-refractivity contribution in [2.75, 3.05) is 26.2 Å². The summed E-state index contributed by atoms with van der Waals surface area (Å²) in [5.74, 6) is 0.166. The molecule has 3 heteroatoms. The molecule has 1 aromatic rings. The van der Waals surface area contributed by atoms with E-state index in [2.05, 4.69) is 52.7 Å². The van der Waals surface area contributed by atoms with Crippen molar-refractivity contribution in [2.24, 2.45) is 5.92 Å². The molecular weight excluding hydrogens is 308 g/mol. The van der Waals surface area contributed by atoms with E-state index in [1.807, 2.05) is 6.07 Å². The number of likely N-dealkylation sites (tertiary alicyclic amines) is 1. The first-order valence-corrected chi connectivity index (χ1v) is 9.72. The molecule has 1 fully saturated rings. The number of benzene rings is 1. The van der Waals surface area contributed by atoms with Gasteiger partial charge in [0.05, 0.1) is 5.92 Å². The number of hydrogen-bond acceptors (Lipinski definition) is 2. The molecule has 134 valence electrons. The number of nitrogens with zero attached hydrogens (tertiary/aromatic N) is 1. The minimum Gasteiger partial charge on any atom is -0.356 e. The SMILES string of the molecule is O=C(NCCCN1CCCCC1)C1C=CC(Cc2ccccc2)=CC1. The van der Waals surface area contributed by atoms with E-state index in [9.17, 15) is 4.79 Å². The Morgan fingerprint density at radius 1 is 1.12 bits per heavy atom. The number of rotatable bonds is 7. The third-order valence-electron chi connectivity index (χ3n) is 5.16. The molecule has 0 radical (unpaired) electrons. The average Bonchev–Trinajstić information content (AvgIpc) is 2.67. The number of amides is 1. The summed E-state index contributed by atoms with van der Waals surface area (Å²) < 4.78 is 0. The van der Waals surface area contributed by atoms with Crippen molar-refractivity contribution in [1.29, 1.82) is 0 Å². The van der Waals surface area contributed by atoms with Crippen LogP contribution >= 0.6 is 0 Å². The standard InChI is InChI=1S/C22H30N2O/c25-22(23-14-7-17-24-15-5-2-6-16-24)21-12-10-20(11-13-21)18-19-8-3-1-4-9-19/h1,3-4,8-12,21H,2,5-7,13-18H2,(H,23,25). The second-order valence-electron chi connectivity index (χ2n) is 7.19. The Morgan fingerprint density at radius 2 is 1.92 bits per heavy atom. The minimum atomic E-state index is -0.00508. The number of allylic oxidation sites excluding steroid dienone is 3. The van der Waals surface area contributed by atoms with Crippen molar-refractivity contribution in [2.45, 2.75) is 38.5 Å². The van der Waals surface area contributed by atoms with Gasteiger partial charge in [-0.15, -0.1) is 0 Å². The van der Waals surface area contributed by atoms with Gasteiger partial charge in [0.2, 0.25) is 5.91 Å². The molecule has 1 aliphatic carbocycles. The van der Waals surface area contributed by atoms with Crippen molar-refractivity contribution in [3.8, 4) is 0 Å². The molecule has 1 atom stereocenters. The molecule has 0 bridgehead atoms. The lowest BCUT2D eigenvalue weighted by Gasteiger charge is -2.26. The lowest BCUT2D eigenvalue weighted by molar-refractivity contribution is -0.123. The Kier molecular flexibility index (Phi) is 6.87. The third-order valence-corrected chi connectivity index (χ3v) is 5.16. The summed E-state index contributed by atoms with van der Waals surface area (Å²) in [6.45, 7) is 4.37. The molecule has 1 aliphatic heterocycles. The van der Waals surface area contributed by atoms with E-state index < -0.39 is 0 Å². The van der Waals surface area contributed by atoms with Gasteiger partial charge in [0.15, 0.2) is 0 Å². The zero-order valence-corrected chi connectivity index (χ0v) is 15.1. The molecule has 2 aliphatic rings. The van der Waals surface area contributed by atoms with E-state index in [-0.39, 0.29) is 11.8 Å². The highest BCUT2D eigenvalue weighted by molar-refractivity contribution is 5.81. The second-order valence-corrected chi connectivity index (χ2v) is 7.19. The topological polar surface area (TPSA) is 32.3 Å². The van der Waals surface area contributed by atoms with Gasteiger partial charge in [-0.25, -0.2) is 0 Å². The summed E-state index contributed by atoms with van der Waals surface area (Å²) in [6.07, 6.45) is 13.3. The Labute approximate surface area is 151 Å². The van der Waals surface area contributed by atoms with Crippen molar-refractivity contribution < 1.29 is 4.79 Å². The van der Waals surface area contributed by atoms with Crippen molar-refractivity contribution in [3.63, 3.8) is 0 Å². The molecule has 1 saturated heterocycles. The van der Waals surface area contributed by atoms with Crippen LogP contribution in [0.2, 0.25) is 0 Å². The van der Waals surface area contributed by atoms with Crippen LogP contribution < -0.4 is 5.32 Å². The number of piperidine rings is 1. The van der Waals surface area contributed by atoms with Crippen molar-refractivity contribution in [1.82, 2.24) is 10.2 Å². The van der Waals surface area contributed by atoms with Crippen molar-refractivity contribution in [3.05, 3.63) is 59.7 Å². The number of carbonyl (C=O) groups is 1. The van der Waals surface area contributed by atoms with Gasteiger partial charge in [0, 0.05) is 6.54 Å². The van der Waals surface area contributed by atoms with Gasteiger partial charge >= 0.3 is 0 Å². The first-order chi connectivity index (χ1) is 12.3. The molecule has 1 N–H and O–H groups in total. The maximum atomic E-state index is 12.3. The summed E-state index contributed by atoms with van der Waals surface area (Å²) in [6, 6.07) is 10.5. The van der Waals surface area contributed by atoms with Crippen LogP contribution in [0.25, 0.3) is 0 Å². The number of nitrogens with one attached hydrogen (secondary N) is 1. The first-order valence-electron chi connectivity index (χ1n) is 9.72.